The van der Waals surface area contributed by atoms with Crippen LogP contribution in [0, 0.1) is 22.7 Å². The molecule has 138 valence electrons. The Morgan fingerprint density at radius 1 is 1.07 bits per heavy atom. The molecule has 0 radical (unpaired) electrons. The van der Waals surface area contributed by atoms with Gasteiger partial charge >= 0.3 is 0 Å². The van der Waals surface area contributed by atoms with Gasteiger partial charge in [0.2, 0.25) is 0 Å². The molecule has 0 atom stereocenters. The van der Waals surface area contributed by atoms with Crippen LogP contribution in [0.15, 0.2) is 53.3 Å². The van der Waals surface area contributed by atoms with E-state index in [1.807, 2.05) is 42.5 Å². The van der Waals surface area contributed by atoms with E-state index in [2.05, 4.69) is 4.98 Å². The van der Waals surface area contributed by atoms with Gasteiger partial charge in [0.1, 0.15) is 47.2 Å². The molecule has 3 aromatic rings. The van der Waals surface area contributed by atoms with E-state index < -0.39 is 5.56 Å². The molecule has 1 heterocycles. The minimum Gasteiger partial charge on any atom is -0.496 e. The maximum Gasteiger partial charge on any atom is 0.268 e. The van der Waals surface area contributed by atoms with Crippen LogP contribution < -0.4 is 20.8 Å². The van der Waals surface area contributed by atoms with Gasteiger partial charge in [0.25, 0.3) is 5.56 Å². The molecule has 7 nitrogen and oxygen atoms in total. The number of para-hydroxylation sites is 1. The third-order valence-corrected chi connectivity index (χ3v) is 4.17. The zero-order valence-electron chi connectivity index (χ0n) is 15.0. The zero-order chi connectivity index (χ0) is 20.1. The third kappa shape index (κ3) is 3.50. The predicted molar refractivity (Wildman–Crippen MR) is 104 cm³/mol. The molecule has 0 aliphatic heterocycles. The second-order valence-corrected chi connectivity index (χ2v) is 5.84. The fourth-order valence-corrected chi connectivity index (χ4v) is 2.86. The highest BCUT2D eigenvalue weighted by molar-refractivity contribution is 5.80. The molecule has 0 unspecified atom stereocenters. The average molecular weight is 372 g/mol. The van der Waals surface area contributed by atoms with Crippen LogP contribution in [-0.2, 0) is 6.61 Å². The minimum absolute atomic E-state index is 0.0382. The van der Waals surface area contributed by atoms with Crippen molar-refractivity contribution in [3.8, 4) is 34.8 Å². The molecule has 0 aliphatic rings. The summed E-state index contributed by atoms with van der Waals surface area (Å²) < 4.78 is 11.2. The number of hydrogen-bond acceptors (Lipinski definition) is 6. The summed E-state index contributed by atoms with van der Waals surface area (Å²) in [6.07, 6.45) is 0. The highest BCUT2D eigenvalue weighted by atomic mass is 16.5. The topological polar surface area (TPSA) is 125 Å². The van der Waals surface area contributed by atoms with E-state index >= 15 is 0 Å². The number of ether oxygens (including phenoxy) is 2. The van der Waals surface area contributed by atoms with Crippen molar-refractivity contribution in [1.29, 1.82) is 10.5 Å². The smallest absolute Gasteiger partial charge is 0.268 e. The quantitative estimate of drug-likeness (QED) is 0.709. The lowest BCUT2D eigenvalue weighted by Crippen LogP contribution is -2.16. The standard InChI is InChI=1S/C21H16N4O3/c1-27-18-8-7-13(9-14(18)12-28-15-5-3-2-4-6-15)19-16(10-22)20(24)25-21(26)17(19)11-23/h2-9H,12H2,1H3,(H3,24,25,26). The molecule has 0 aliphatic carbocycles. The summed E-state index contributed by atoms with van der Waals surface area (Å²) in [4.78, 5) is 14.5. The molecule has 28 heavy (non-hydrogen) atoms. The molecule has 3 N–H and O–H groups in total. The number of nitrogens with one attached hydrogen (secondary N) is 1. The molecule has 0 fully saturated rings. The number of nitriles is 2. The van der Waals surface area contributed by atoms with Crippen molar-refractivity contribution < 1.29 is 9.47 Å². The van der Waals surface area contributed by atoms with Crippen LogP contribution in [0.1, 0.15) is 16.7 Å². The number of nitrogen functional groups attached to an aromatic ring is 1. The van der Waals surface area contributed by atoms with Crippen LogP contribution in [0.2, 0.25) is 0 Å². The van der Waals surface area contributed by atoms with Crippen molar-refractivity contribution in [3.63, 3.8) is 0 Å². The van der Waals surface area contributed by atoms with Crippen molar-refractivity contribution in [3.05, 3.63) is 75.6 Å². The number of rotatable bonds is 5. The zero-order valence-corrected chi connectivity index (χ0v) is 15.0. The van der Waals surface area contributed by atoms with Gasteiger partial charge in [-0.15, -0.1) is 0 Å². The van der Waals surface area contributed by atoms with E-state index in [-0.39, 0.29) is 29.1 Å². The van der Waals surface area contributed by atoms with Crippen LogP contribution in [0.25, 0.3) is 11.1 Å². The van der Waals surface area contributed by atoms with E-state index in [0.29, 0.717) is 22.6 Å². The van der Waals surface area contributed by atoms with Crippen molar-refractivity contribution in [2.75, 3.05) is 12.8 Å². The summed E-state index contributed by atoms with van der Waals surface area (Å²) >= 11 is 0. The molecule has 3 rings (SSSR count). The summed E-state index contributed by atoms with van der Waals surface area (Å²) in [7, 11) is 1.54. The van der Waals surface area contributed by atoms with Gasteiger partial charge in [-0.1, -0.05) is 24.3 Å². The van der Waals surface area contributed by atoms with E-state index in [4.69, 9.17) is 15.2 Å². The maximum atomic E-state index is 12.1. The Labute approximate surface area is 161 Å². The molecular weight excluding hydrogens is 356 g/mol. The van der Waals surface area contributed by atoms with E-state index in [1.165, 1.54) is 7.11 Å². The number of H-pyrrole nitrogens is 1. The number of aromatic amines is 1. The van der Waals surface area contributed by atoms with Gasteiger partial charge in [-0.05, 0) is 29.8 Å². The van der Waals surface area contributed by atoms with Crippen molar-refractivity contribution in [2.45, 2.75) is 6.61 Å². The normalized spacial score (nSPS) is 9.96. The highest BCUT2D eigenvalue weighted by Crippen LogP contribution is 2.32. The summed E-state index contributed by atoms with van der Waals surface area (Å²) in [6, 6.07) is 18.2. The molecule has 0 bridgehead atoms. The van der Waals surface area contributed by atoms with Crippen molar-refractivity contribution in [1.82, 2.24) is 4.98 Å². The molecule has 0 spiro atoms. The number of anilines is 1. The van der Waals surface area contributed by atoms with Crippen molar-refractivity contribution in [2.24, 2.45) is 0 Å². The first kappa shape index (κ1) is 18.6. The summed E-state index contributed by atoms with van der Waals surface area (Å²) in [5, 5.41) is 18.9. The molecule has 0 saturated carbocycles. The molecule has 2 aromatic carbocycles. The Morgan fingerprint density at radius 2 is 1.79 bits per heavy atom. The first-order valence-electron chi connectivity index (χ1n) is 8.30. The highest BCUT2D eigenvalue weighted by Gasteiger charge is 2.19. The molecule has 7 heteroatoms. The largest absolute Gasteiger partial charge is 0.496 e. The Balaban J connectivity index is 2.11. The summed E-state index contributed by atoms with van der Waals surface area (Å²) in [6.45, 7) is 0.198. The Morgan fingerprint density at radius 3 is 2.43 bits per heavy atom. The fraction of sp³-hybridized carbons (Fsp3) is 0.0952. The van der Waals surface area contributed by atoms with Crippen LogP contribution in [0.4, 0.5) is 5.82 Å². The molecule has 1 aromatic heterocycles. The number of nitrogens with two attached hydrogens (primary N) is 1. The summed E-state index contributed by atoms with van der Waals surface area (Å²) in [5.41, 5.74) is 6.38. The lowest BCUT2D eigenvalue weighted by Gasteiger charge is -2.14. The molecular formula is C21H16N4O3. The maximum absolute atomic E-state index is 12.1. The molecule has 0 saturated heterocycles. The first-order chi connectivity index (χ1) is 13.6. The fourth-order valence-electron chi connectivity index (χ4n) is 2.86. The van der Waals surface area contributed by atoms with Gasteiger partial charge in [-0.2, -0.15) is 10.5 Å². The Bertz CT molecular complexity index is 1160. The second kappa shape index (κ2) is 7.98. The summed E-state index contributed by atoms with van der Waals surface area (Å²) in [5.74, 6) is 1.18. The number of aromatic nitrogens is 1. The van der Waals surface area contributed by atoms with Gasteiger partial charge in [0, 0.05) is 11.1 Å². The lowest BCUT2D eigenvalue weighted by atomic mass is 9.95. The SMILES string of the molecule is COc1ccc(-c2c(C#N)c(N)[nH]c(=O)c2C#N)cc1COc1ccccc1. The van der Waals surface area contributed by atoms with Gasteiger partial charge in [0.05, 0.1) is 7.11 Å². The van der Waals surface area contributed by atoms with Gasteiger partial charge in [-0.25, -0.2) is 0 Å². The van der Waals surface area contributed by atoms with Crippen LogP contribution in [0.5, 0.6) is 11.5 Å². The van der Waals surface area contributed by atoms with Crippen molar-refractivity contribution >= 4 is 5.82 Å². The number of methoxy groups -OCH3 is 1. The van der Waals surface area contributed by atoms with Crippen LogP contribution >= 0.6 is 0 Å². The monoisotopic (exact) mass is 372 g/mol. The van der Waals surface area contributed by atoms with Gasteiger partial charge < -0.3 is 20.2 Å². The predicted octanol–water partition coefficient (Wildman–Crippen LogP) is 2.96. The van der Waals surface area contributed by atoms with Gasteiger partial charge in [-0.3, -0.25) is 4.79 Å². The Kier molecular flexibility index (Phi) is 5.29. The number of pyridine rings is 1. The second-order valence-electron chi connectivity index (χ2n) is 5.84. The first-order valence-corrected chi connectivity index (χ1v) is 8.30. The van der Waals surface area contributed by atoms with E-state index in [0.717, 1.165) is 0 Å². The van der Waals surface area contributed by atoms with E-state index in [1.54, 1.807) is 18.2 Å². The Hall–Kier alpha value is -4.23. The number of nitrogens with zero attached hydrogens (tertiary/aromatic N) is 2. The van der Waals surface area contributed by atoms with Crippen LogP contribution in [-0.4, -0.2) is 12.1 Å². The lowest BCUT2D eigenvalue weighted by molar-refractivity contribution is 0.297. The molecule has 0 amide bonds. The minimum atomic E-state index is -0.646. The van der Waals surface area contributed by atoms with Gasteiger partial charge in [0.15, 0.2) is 0 Å². The third-order valence-electron chi connectivity index (χ3n) is 4.17. The van der Waals surface area contributed by atoms with Crippen LogP contribution in [0.3, 0.4) is 0 Å². The average Bonchev–Trinajstić information content (AvgIpc) is 2.72. The number of benzene rings is 2. The van der Waals surface area contributed by atoms with E-state index in [9.17, 15) is 15.3 Å². The number of hydrogen-bond donors (Lipinski definition) is 2.